The molecular weight excluding hydrogens is 272 g/mol. The molecule has 0 bridgehead atoms. The van der Waals surface area contributed by atoms with E-state index in [1.54, 1.807) is 0 Å². The molecule has 0 spiro atoms. The van der Waals surface area contributed by atoms with E-state index < -0.39 is 0 Å². The van der Waals surface area contributed by atoms with Gasteiger partial charge in [0.05, 0.1) is 12.6 Å². The number of likely N-dealkylation sites (tertiary alicyclic amines) is 1. The van der Waals surface area contributed by atoms with E-state index in [0.29, 0.717) is 6.54 Å². The lowest BCUT2D eigenvalue weighted by Crippen LogP contribution is -2.32. The molecule has 3 aromatic rings. The van der Waals surface area contributed by atoms with Crippen LogP contribution < -0.4 is 0 Å². The Morgan fingerprint density at radius 3 is 1.95 bits per heavy atom. The number of β-amino-alcohol motifs (C(OH)–C–C–N with tert-alkyl or cyclic N) is 1. The second kappa shape index (κ2) is 5.75. The predicted octanol–water partition coefficient (Wildman–Crippen LogP) is 3.25. The number of aromatic nitrogens is 1. The van der Waals surface area contributed by atoms with Crippen molar-refractivity contribution < 1.29 is 5.11 Å². The maximum absolute atomic E-state index is 10.5. The molecule has 3 nitrogen and oxygen atoms in total. The van der Waals surface area contributed by atoms with Crippen molar-refractivity contribution in [1.82, 2.24) is 9.47 Å². The van der Waals surface area contributed by atoms with E-state index in [0.717, 1.165) is 19.6 Å². The molecule has 1 atom stereocenters. The largest absolute Gasteiger partial charge is 0.390 e. The number of nitrogens with zero attached hydrogens (tertiary/aromatic N) is 2. The van der Waals surface area contributed by atoms with Crippen LogP contribution >= 0.6 is 0 Å². The van der Waals surface area contributed by atoms with Crippen LogP contribution in [0.5, 0.6) is 0 Å². The van der Waals surface area contributed by atoms with Crippen molar-refractivity contribution in [2.75, 3.05) is 19.6 Å². The zero-order valence-electron chi connectivity index (χ0n) is 12.8. The number of aliphatic hydroxyl groups excluding tert-OH is 1. The molecule has 1 saturated heterocycles. The number of fused-ring (bicyclic) bond motifs is 3. The van der Waals surface area contributed by atoms with Crippen molar-refractivity contribution in [3.63, 3.8) is 0 Å². The quantitative estimate of drug-likeness (QED) is 0.800. The summed E-state index contributed by atoms with van der Waals surface area (Å²) >= 11 is 0. The summed E-state index contributed by atoms with van der Waals surface area (Å²) in [4.78, 5) is 2.37. The molecule has 22 heavy (non-hydrogen) atoms. The molecule has 1 fully saturated rings. The minimum atomic E-state index is -0.322. The second-order valence-corrected chi connectivity index (χ2v) is 6.31. The number of aliphatic hydroxyl groups is 1. The van der Waals surface area contributed by atoms with Gasteiger partial charge in [0.2, 0.25) is 0 Å². The van der Waals surface area contributed by atoms with Crippen LogP contribution in [0.25, 0.3) is 21.8 Å². The molecule has 0 amide bonds. The van der Waals surface area contributed by atoms with Gasteiger partial charge in [-0.15, -0.1) is 0 Å². The van der Waals surface area contributed by atoms with Crippen molar-refractivity contribution in [3.8, 4) is 0 Å². The third kappa shape index (κ3) is 2.40. The summed E-state index contributed by atoms with van der Waals surface area (Å²) in [6.45, 7) is 3.69. The van der Waals surface area contributed by atoms with Crippen molar-refractivity contribution in [2.24, 2.45) is 0 Å². The van der Waals surface area contributed by atoms with E-state index in [-0.39, 0.29) is 6.10 Å². The summed E-state index contributed by atoms with van der Waals surface area (Å²) in [6, 6.07) is 17.0. The predicted molar refractivity (Wildman–Crippen MR) is 91.1 cm³/mol. The van der Waals surface area contributed by atoms with Crippen LogP contribution in [0.1, 0.15) is 12.8 Å². The van der Waals surface area contributed by atoms with Crippen molar-refractivity contribution in [3.05, 3.63) is 48.5 Å². The zero-order valence-corrected chi connectivity index (χ0v) is 12.8. The summed E-state index contributed by atoms with van der Waals surface area (Å²) in [7, 11) is 0. The highest BCUT2D eigenvalue weighted by atomic mass is 16.3. The summed E-state index contributed by atoms with van der Waals surface area (Å²) in [5.74, 6) is 0. The third-order valence-corrected chi connectivity index (χ3v) is 4.74. The molecule has 2 heterocycles. The Morgan fingerprint density at radius 1 is 0.818 bits per heavy atom. The molecule has 4 rings (SSSR count). The van der Waals surface area contributed by atoms with E-state index in [9.17, 15) is 5.11 Å². The number of hydrogen-bond acceptors (Lipinski definition) is 2. The SMILES string of the molecule is OC(CN1CCCC1)Cn1c2ccccc2c2ccccc21. The summed E-state index contributed by atoms with van der Waals surface area (Å²) in [5, 5.41) is 13.1. The Hall–Kier alpha value is -1.84. The van der Waals surface area contributed by atoms with Gasteiger partial charge in [-0.1, -0.05) is 36.4 Å². The van der Waals surface area contributed by atoms with Gasteiger partial charge in [0.1, 0.15) is 0 Å². The van der Waals surface area contributed by atoms with Crippen molar-refractivity contribution in [1.29, 1.82) is 0 Å². The Bertz CT molecular complexity index is 733. The highest BCUT2D eigenvalue weighted by Gasteiger charge is 2.18. The first-order chi connectivity index (χ1) is 10.8. The average Bonchev–Trinajstić information content (AvgIpc) is 3.15. The van der Waals surface area contributed by atoms with Gasteiger partial charge in [-0.05, 0) is 38.1 Å². The average molecular weight is 294 g/mol. The van der Waals surface area contributed by atoms with Gasteiger partial charge in [-0.3, -0.25) is 0 Å². The molecule has 1 N–H and O–H groups in total. The lowest BCUT2D eigenvalue weighted by Gasteiger charge is -2.20. The highest BCUT2D eigenvalue weighted by molar-refractivity contribution is 6.07. The second-order valence-electron chi connectivity index (χ2n) is 6.31. The fourth-order valence-electron chi connectivity index (χ4n) is 3.73. The van der Waals surface area contributed by atoms with Crippen LogP contribution in [0.15, 0.2) is 48.5 Å². The monoisotopic (exact) mass is 294 g/mol. The number of hydrogen-bond donors (Lipinski definition) is 1. The third-order valence-electron chi connectivity index (χ3n) is 4.74. The number of para-hydroxylation sites is 2. The van der Waals surface area contributed by atoms with Gasteiger partial charge in [-0.2, -0.15) is 0 Å². The van der Waals surface area contributed by atoms with E-state index >= 15 is 0 Å². The van der Waals surface area contributed by atoms with Gasteiger partial charge >= 0.3 is 0 Å². The van der Waals surface area contributed by atoms with Gasteiger partial charge in [0.25, 0.3) is 0 Å². The van der Waals surface area contributed by atoms with E-state index in [4.69, 9.17) is 0 Å². The Morgan fingerprint density at radius 2 is 1.36 bits per heavy atom. The first-order valence-corrected chi connectivity index (χ1v) is 8.19. The Kier molecular flexibility index (Phi) is 3.60. The summed E-state index contributed by atoms with van der Waals surface area (Å²) < 4.78 is 2.27. The Balaban J connectivity index is 1.69. The van der Waals surface area contributed by atoms with Crippen LogP contribution in [-0.4, -0.2) is 40.3 Å². The smallest absolute Gasteiger partial charge is 0.0845 e. The van der Waals surface area contributed by atoms with Crippen LogP contribution in [0.4, 0.5) is 0 Å². The molecule has 1 aromatic heterocycles. The topological polar surface area (TPSA) is 28.4 Å². The molecular formula is C19H22N2O. The Labute approximate surface area is 130 Å². The zero-order chi connectivity index (χ0) is 14.9. The standard InChI is InChI=1S/C19H22N2O/c22-15(13-20-11-5-6-12-20)14-21-18-9-3-1-7-16(18)17-8-2-4-10-19(17)21/h1-4,7-10,15,22H,5-6,11-14H2. The first kappa shape index (κ1) is 13.8. The molecule has 2 aromatic carbocycles. The van der Waals surface area contributed by atoms with Crippen LogP contribution in [0.3, 0.4) is 0 Å². The number of rotatable bonds is 4. The molecule has 1 unspecified atom stereocenters. The lowest BCUT2D eigenvalue weighted by atomic mass is 10.2. The number of benzene rings is 2. The minimum absolute atomic E-state index is 0.322. The van der Waals surface area contributed by atoms with E-state index in [1.807, 2.05) is 0 Å². The van der Waals surface area contributed by atoms with Gasteiger partial charge in [0, 0.05) is 28.4 Å². The summed E-state index contributed by atoms with van der Waals surface area (Å²) in [5.41, 5.74) is 2.42. The van der Waals surface area contributed by atoms with Gasteiger partial charge in [0.15, 0.2) is 0 Å². The lowest BCUT2D eigenvalue weighted by molar-refractivity contribution is 0.111. The van der Waals surface area contributed by atoms with Gasteiger partial charge < -0.3 is 14.6 Å². The van der Waals surface area contributed by atoms with Crippen LogP contribution in [-0.2, 0) is 6.54 Å². The fourth-order valence-corrected chi connectivity index (χ4v) is 3.73. The molecule has 3 heteroatoms. The molecule has 0 saturated carbocycles. The normalized spacial score (nSPS) is 17.5. The molecule has 0 radical (unpaired) electrons. The minimum Gasteiger partial charge on any atom is -0.390 e. The van der Waals surface area contributed by atoms with E-state index in [1.165, 1.54) is 34.6 Å². The van der Waals surface area contributed by atoms with E-state index in [2.05, 4.69) is 58.0 Å². The fraction of sp³-hybridized carbons (Fsp3) is 0.368. The highest BCUT2D eigenvalue weighted by Crippen LogP contribution is 2.28. The van der Waals surface area contributed by atoms with Crippen molar-refractivity contribution in [2.45, 2.75) is 25.5 Å². The molecule has 1 aliphatic heterocycles. The first-order valence-electron chi connectivity index (χ1n) is 8.19. The van der Waals surface area contributed by atoms with Gasteiger partial charge in [-0.25, -0.2) is 0 Å². The maximum atomic E-state index is 10.5. The van der Waals surface area contributed by atoms with Crippen LogP contribution in [0.2, 0.25) is 0 Å². The maximum Gasteiger partial charge on any atom is 0.0845 e. The summed E-state index contributed by atoms with van der Waals surface area (Å²) in [6.07, 6.45) is 2.21. The van der Waals surface area contributed by atoms with Crippen LogP contribution in [0, 0.1) is 0 Å². The molecule has 114 valence electrons. The van der Waals surface area contributed by atoms with Crippen molar-refractivity contribution >= 4 is 21.8 Å². The molecule has 0 aliphatic carbocycles. The molecule has 1 aliphatic rings.